The van der Waals surface area contributed by atoms with Gasteiger partial charge in [-0.15, -0.1) is 0 Å². The van der Waals surface area contributed by atoms with Crippen LogP contribution in [0.1, 0.15) is 25.8 Å². The van der Waals surface area contributed by atoms with E-state index in [9.17, 15) is 13.2 Å². The zero-order valence-electron chi connectivity index (χ0n) is 17.7. The summed E-state index contributed by atoms with van der Waals surface area (Å²) in [5, 5.41) is 2.91. The normalized spacial score (nSPS) is 16.2. The monoisotopic (exact) mass is 431 g/mol. The Hall–Kier alpha value is -2.74. The minimum Gasteiger partial charge on any atom is -0.478 e. The number of carbonyl (C=O) groups is 1. The molecule has 1 heterocycles. The number of hydrogen-bond donors (Lipinski definition) is 1. The molecule has 1 aliphatic heterocycles. The highest BCUT2D eigenvalue weighted by molar-refractivity contribution is 7.92. The van der Waals surface area contributed by atoms with E-state index in [2.05, 4.69) is 36.2 Å². The van der Waals surface area contributed by atoms with Gasteiger partial charge in [0.15, 0.2) is 6.10 Å². The maximum absolute atomic E-state index is 12.7. The van der Waals surface area contributed by atoms with Crippen molar-refractivity contribution >= 4 is 27.3 Å². The summed E-state index contributed by atoms with van der Waals surface area (Å²) >= 11 is 0. The molecule has 0 saturated carbocycles. The van der Waals surface area contributed by atoms with Crippen LogP contribution >= 0.6 is 0 Å². The van der Waals surface area contributed by atoms with Crippen LogP contribution in [0.5, 0.6) is 5.75 Å². The Morgan fingerprint density at radius 2 is 1.80 bits per heavy atom. The van der Waals surface area contributed by atoms with Gasteiger partial charge in [-0.2, -0.15) is 0 Å². The molecule has 0 spiro atoms. The summed E-state index contributed by atoms with van der Waals surface area (Å²) < 4.78 is 31.5. The van der Waals surface area contributed by atoms with Crippen LogP contribution in [0.4, 0.5) is 11.4 Å². The second kappa shape index (κ2) is 9.38. The third-order valence-electron chi connectivity index (χ3n) is 5.22. The lowest BCUT2D eigenvalue weighted by molar-refractivity contribution is -0.128. The second-order valence-corrected chi connectivity index (χ2v) is 9.16. The van der Waals surface area contributed by atoms with Crippen molar-refractivity contribution < 1.29 is 17.9 Å². The highest BCUT2D eigenvalue weighted by atomic mass is 32.2. The molecule has 1 N–H and O–H groups in total. The summed E-state index contributed by atoms with van der Waals surface area (Å²) in [6.45, 7) is 6.69. The molecule has 1 aliphatic rings. The lowest BCUT2D eigenvalue weighted by atomic mass is 10.1. The van der Waals surface area contributed by atoms with E-state index in [-0.39, 0.29) is 18.9 Å². The Labute approximate surface area is 178 Å². The van der Waals surface area contributed by atoms with Crippen LogP contribution in [0, 0.1) is 0 Å². The number of benzene rings is 2. The fraction of sp³-hybridized carbons (Fsp3) is 0.409. The minimum absolute atomic E-state index is 0.187. The van der Waals surface area contributed by atoms with E-state index in [1.165, 1.54) is 4.31 Å². The summed E-state index contributed by atoms with van der Waals surface area (Å²) in [6.07, 6.45) is 0.674. The van der Waals surface area contributed by atoms with E-state index in [1.54, 1.807) is 24.3 Å². The molecule has 1 amide bonds. The average molecular weight is 432 g/mol. The van der Waals surface area contributed by atoms with Crippen molar-refractivity contribution in [3.8, 4) is 5.75 Å². The zero-order chi connectivity index (χ0) is 21.7. The summed E-state index contributed by atoms with van der Waals surface area (Å²) in [5.74, 6) is 0.136. The van der Waals surface area contributed by atoms with Gasteiger partial charge in [-0.3, -0.25) is 9.10 Å². The topological polar surface area (TPSA) is 79.0 Å². The van der Waals surface area contributed by atoms with Gasteiger partial charge in [0.2, 0.25) is 10.0 Å². The van der Waals surface area contributed by atoms with Gasteiger partial charge in [0.1, 0.15) is 5.75 Å². The van der Waals surface area contributed by atoms with Crippen molar-refractivity contribution in [2.24, 2.45) is 0 Å². The van der Waals surface area contributed by atoms with E-state index >= 15 is 0 Å². The molecule has 0 aromatic heterocycles. The SMILES string of the molecule is CCN(CC)c1ccc(CNC(=O)[C@@H]2CCN(S(C)(=O)=O)c3ccccc3O2)cc1. The van der Waals surface area contributed by atoms with Gasteiger partial charge >= 0.3 is 0 Å². The molecular weight excluding hydrogens is 402 g/mol. The molecule has 1 atom stereocenters. The molecular formula is C22H29N3O4S. The van der Waals surface area contributed by atoms with Gasteiger partial charge in [-0.25, -0.2) is 8.42 Å². The standard InChI is InChI=1S/C22H29N3O4S/c1-4-24(5-2)18-12-10-17(11-13-18)16-23-22(26)21-14-15-25(30(3,27)28)19-8-6-7-9-20(19)29-21/h6-13,21H,4-5,14-16H2,1-3H3,(H,23,26)/t21-/m0/s1. The van der Waals surface area contributed by atoms with E-state index in [0.29, 0.717) is 18.0 Å². The largest absolute Gasteiger partial charge is 0.478 e. The third-order valence-corrected chi connectivity index (χ3v) is 6.40. The van der Waals surface area contributed by atoms with Crippen molar-refractivity contribution in [2.75, 3.05) is 35.1 Å². The van der Waals surface area contributed by atoms with Gasteiger partial charge in [0, 0.05) is 38.3 Å². The molecule has 0 bridgehead atoms. The molecule has 0 radical (unpaired) electrons. The molecule has 0 aliphatic carbocycles. The molecule has 2 aromatic carbocycles. The number of amides is 1. The van der Waals surface area contributed by atoms with Crippen molar-refractivity contribution in [3.63, 3.8) is 0 Å². The number of sulfonamides is 1. The van der Waals surface area contributed by atoms with Crippen molar-refractivity contribution in [2.45, 2.75) is 32.9 Å². The molecule has 2 aromatic rings. The van der Waals surface area contributed by atoms with E-state index in [1.807, 2.05) is 12.1 Å². The Kier molecular flexibility index (Phi) is 6.87. The quantitative estimate of drug-likeness (QED) is 0.729. The maximum Gasteiger partial charge on any atom is 0.261 e. The number of para-hydroxylation sites is 2. The smallest absolute Gasteiger partial charge is 0.261 e. The van der Waals surface area contributed by atoms with Crippen LogP contribution in [0.15, 0.2) is 48.5 Å². The zero-order valence-corrected chi connectivity index (χ0v) is 18.5. The van der Waals surface area contributed by atoms with Crippen LogP contribution in [0.3, 0.4) is 0 Å². The number of rotatable bonds is 7. The first-order valence-electron chi connectivity index (χ1n) is 10.2. The van der Waals surface area contributed by atoms with Crippen LogP contribution < -0.4 is 19.3 Å². The summed E-state index contributed by atoms with van der Waals surface area (Å²) in [4.78, 5) is 15.0. The highest BCUT2D eigenvalue weighted by Gasteiger charge is 2.30. The molecule has 0 fully saturated rings. The predicted molar refractivity (Wildman–Crippen MR) is 120 cm³/mol. The number of hydrogen-bond acceptors (Lipinski definition) is 5. The number of ether oxygens (including phenoxy) is 1. The molecule has 8 heteroatoms. The molecule has 162 valence electrons. The van der Waals surface area contributed by atoms with E-state index < -0.39 is 16.1 Å². The second-order valence-electron chi connectivity index (χ2n) is 7.25. The fourth-order valence-electron chi connectivity index (χ4n) is 3.58. The third kappa shape index (κ3) is 5.05. The molecule has 0 unspecified atom stereocenters. The number of nitrogens with zero attached hydrogens (tertiary/aromatic N) is 2. The first-order valence-corrected chi connectivity index (χ1v) is 12.0. The highest BCUT2D eigenvalue weighted by Crippen LogP contribution is 2.33. The number of anilines is 2. The van der Waals surface area contributed by atoms with Gasteiger partial charge in [0.25, 0.3) is 5.91 Å². The Bertz CT molecular complexity index is 972. The summed E-state index contributed by atoms with van der Waals surface area (Å²) in [6, 6.07) is 15.0. The van der Waals surface area contributed by atoms with Crippen molar-refractivity contribution in [3.05, 3.63) is 54.1 Å². The molecule has 7 nitrogen and oxygen atoms in total. The van der Waals surface area contributed by atoms with Crippen molar-refractivity contribution in [1.29, 1.82) is 0 Å². The fourth-order valence-corrected chi connectivity index (χ4v) is 4.52. The Balaban J connectivity index is 1.66. The predicted octanol–water partition coefficient (Wildman–Crippen LogP) is 2.77. The van der Waals surface area contributed by atoms with Crippen LogP contribution in [-0.4, -0.2) is 46.3 Å². The van der Waals surface area contributed by atoms with E-state index in [4.69, 9.17) is 4.74 Å². The number of fused-ring (bicyclic) bond motifs is 1. The van der Waals surface area contributed by atoms with Crippen LogP contribution in [0.25, 0.3) is 0 Å². The van der Waals surface area contributed by atoms with Gasteiger partial charge < -0.3 is 15.0 Å². The molecule has 30 heavy (non-hydrogen) atoms. The lowest BCUT2D eigenvalue weighted by Crippen LogP contribution is -2.39. The first-order chi connectivity index (χ1) is 14.3. The van der Waals surface area contributed by atoms with Gasteiger partial charge in [0.05, 0.1) is 11.9 Å². The summed E-state index contributed by atoms with van der Waals surface area (Å²) in [7, 11) is -3.47. The summed E-state index contributed by atoms with van der Waals surface area (Å²) in [5.41, 5.74) is 2.60. The lowest BCUT2D eigenvalue weighted by Gasteiger charge is -2.21. The van der Waals surface area contributed by atoms with Crippen LogP contribution in [-0.2, 0) is 21.4 Å². The molecule has 0 saturated heterocycles. The van der Waals surface area contributed by atoms with Gasteiger partial charge in [-0.1, -0.05) is 24.3 Å². The molecule has 3 rings (SSSR count). The van der Waals surface area contributed by atoms with Gasteiger partial charge in [-0.05, 0) is 43.7 Å². The minimum atomic E-state index is -3.47. The Morgan fingerprint density at radius 1 is 1.13 bits per heavy atom. The van der Waals surface area contributed by atoms with Crippen LogP contribution in [0.2, 0.25) is 0 Å². The average Bonchev–Trinajstić information content (AvgIpc) is 2.93. The van der Waals surface area contributed by atoms with Crippen molar-refractivity contribution in [1.82, 2.24) is 5.32 Å². The maximum atomic E-state index is 12.7. The number of carbonyl (C=O) groups excluding carboxylic acids is 1. The number of nitrogens with one attached hydrogen (secondary N) is 1. The van der Waals surface area contributed by atoms with E-state index in [0.717, 1.165) is 30.6 Å². The Morgan fingerprint density at radius 3 is 2.43 bits per heavy atom. The first kappa shape index (κ1) is 22.0.